The number of hydrogen-bond acceptors (Lipinski definition) is 5. The smallest absolute Gasteiger partial charge is 0.0873 e. The van der Waals surface area contributed by atoms with Gasteiger partial charge in [-0.05, 0) is 51.2 Å². The maximum Gasteiger partial charge on any atom is 0.0873 e. The van der Waals surface area contributed by atoms with Crippen LogP contribution in [-0.2, 0) is 0 Å². The summed E-state index contributed by atoms with van der Waals surface area (Å²) in [6.45, 7) is 4.64. The minimum Gasteiger partial charge on any atom is -0.395 e. The lowest BCUT2D eigenvalue weighted by Crippen LogP contribution is -2.53. The summed E-state index contributed by atoms with van der Waals surface area (Å²) in [5.41, 5.74) is 1.17. The number of fused-ring (bicyclic) bond motifs is 3. The Balaban J connectivity index is 1.49. The van der Waals surface area contributed by atoms with Crippen molar-refractivity contribution in [3.63, 3.8) is 0 Å². The van der Waals surface area contributed by atoms with Crippen LogP contribution < -0.4 is 5.32 Å². The maximum atomic E-state index is 9.46. The second-order valence-corrected chi connectivity index (χ2v) is 6.83. The predicted octanol–water partition coefficient (Wildman–Crippen LogP) is 0.373. The first-order valence-electron chi connectivity index (χ1n) is 8.32. The summed E-state index contributed by atoms with van der Waals surface area (Å²) in [6.07, 6.45) is 6.84. The first-order valence-corrected chi connectivity index (χ1v) is 8.32. The van der Waals surface area contributed by atoms with E-state index in [0.29, 0.717) is 30.5 Å². The topological polar surface area (TPSA) is 66.2 Å². The van der Waals surface area contributed by atoms with E-state index in [1.807, 2.05) is 0 Å². The van der Waals surface area contributed by atoms with Crippen LogP contribution in [0.15, 0.2) is 6.20 Å². The van der Waals surface area contributed by atoms with Gasteiger partial charge in [0.25, 0.3) is 0 Å². The van der Waals surface area contributed by atoms with E-state index in [-0.39, 0.29) is 0 Å². The van der Waals surface area contributed by atoms with Gasteiger partial charge in [-0.15, -0.1) is 5.10 Å². The van der Waals surface area contributed by atoms with Gasteiger partial charge in [0, 0.05) is 24.7 Å². The molecule has 0 spiro atoms. The van der Waals surface area contributed by atoms with Crippen molar-refractivity contribution in [2.75, 3.05) is 32.8 Å². The van der Waals surface area contributed by atoms with E-state index in [2.05, 4.69) is 31.4 Å². The van der Waals surface area contributed by atoms with Gasteiger partial charge in [0.2, 0.25) is 0 Å². The zero-order chi connectivity index (χ0) is 14.2. The summed E-state index contributed by atoms with van der Waals surface area (Å²) in [5, 5.41) is 21.8. The number of nitrogens with zero attached hydrogens (tertiary/aromatic N) is 4. The number of aliphatic hydroxyl groups excluding tert-OH is 1. The molecule has 4 atom stereocenters. The van der Waals surface area contributed by atoms with Crippen LogP contribution in [-0.4, -0.2) is 63.8 Å². The van der Waals surface area contributed by atoms with E-state index >= 15 is 0 Å². The normalized spacial score (nSPS) is 37.0. The van der Waals surface area contributed by atoms with Gasteiger partial charge in [-0.2, -0.15) is 0 Å². The average molecular weight is 291 g/mol. The molecule has 21 heavy (non-hydrogen) atoms. The highest BCUT2D eigenvalue weighted by Gasteiger charge is 2.41. The van der Waals surface area contributed by atoms with Gasteiger partial charge in [0.15, 0.2) is 0 Å². The fraction of sp³-hybridized carbons (Fsp3) is 0.867. The third-order valence-electron chi connectivity index (χ3n) is 5.68. The molecule has 0 amide bonds. The second kappa shape index (κ2) is 5.66. The molecular formula is C15H25N5O. The molecule has 1 aromatic heterocycles. The summed E-state index contributed by atoms with van der Waals surface area (Å²) in [7, 11) is 0. The van der Waals surface area contributed by atoms with Crippen molar-refractivity contribution in [3.8, 4) is 0 Å². The van der Waals surface area contributed by atoms with Crippen LogP contribution in [0.1, 0.15) is 43.3 Å². The summed E-state index contributed by atoms with van der Waals surface area (Å²) >= 11 is 0. The van der Waals surface area contributed by atoms with Crippen LogP contribution >= 0.6 is 0 Å². The SMILES string of the molecule is OCC1CC2CCN1CC2c1cn(C2CCNCC2)nn1. The van der Waals surface area contributed by atoms with Crippen molar-refractivity contribution in [3.05, 3.63) is 11.9 Å². The van der Waals surface area contributed by atoms with Crippen LogP contribution in [0.3, 0.4) is 0 Å². The number of nitrogens with one attached hydrogen (secondary N) is 1. The van der Waals surface area contributed by atoms with Crippen molar-refractivity contribution in [1.29, 1.82) is 0 Å². The highest BCUT2D eigenvalue weighted by Crippen LogP contribution is 2.41. The number of piperidine rings is 4. The standard InChI is InChI=1S/C15H25N5O/c21-10-13-7-11-3-6-19(13)8-14(11)15-9-20(18-17-15)12-1-4-16-5-2-12/h9,11-14,16,21H,1-8,10H2. The molecule has 0 aromatic carbocycles. The molecule has 5 rings (SSSR count). The van der Waals surface area contributed by atoms with E-state index in [1.165, 1.54) is 12.1 Å². The van der Waals surface area contributed by atoms with Gasteiger partial charge < -0.3 is 10.4 Å². The molecule has 6 nitrogen and oxygen atoms in total. The molecule has 116 valence electrons. The van der Waals surface area contributed by atoms with Crippen molar-refractivity contribution in [2.24, 2.45) is 5.92 Å². The van der Waals surface area contributed by atoms with Crippen LogP contribution in [0, 0.1) is 5.92 Å². The fourth-order valence-electron chi connectivity index (χ4n) is 4.37. The summed E-state index contributed by atoms with van der Waals surface area (Å²) < 4.78 is 2.09. The minimum absolute atomic E-state index is 0.297. The maximum absolute atomic E-state index is 9.46. The van der Waals surface area contributed by atoms with Crippen LogP contribution in [0.4, 0.5) is 0 Å². The molecule has 2 bridgehead atoms. The van der Waals surface area contributed by atoms with E-state index < -0.39 is 0 Å². The third kappa shape index (κ3) is 2.49. The third-order valence-corrected chi connectivity index (χ3v) is 5.68. The monoisotopic (exact) mass is 291 g/mol. The van der Waals surface area contributed by atoms with E-state index in [4.69, 9.17) is 0 Å². The van der Waals surface area contributed by atoms with Crippen LogP contribution in [0.5, 0.6) is 0 Å². The molecule has 0 radical (unpaired) electrons. The van der Waals surface area contributed by atoms with Gasteiger partial charge in [-0.25, -0.2) is 4.68 Å². The Kier molecular flexibility index (Phi) is 3.69. The van der Waals surface area contributed by atoms with Crippen molar-refractivity contribution < 1.29 is 5.11 Å². The van der Waals surface area contributed by atoms with Crippen LogP contribution in [0.25, 0.3) is 0 Å². The molecule has 4 fully saturated rings. The minimum atomic E-state index is 0.297. The molecule has 4 aliphatic heterocycles. The van der Waals surface area contributed by atoms with Crippen molar-refractivity contribution >= 4 is 0 Å². The molecular weight excluding hydrogens is 266 g/mol. The number of rotatable bonds is 3. The summed E-state index contributed by atoms with van der Waals surface area (Å²) in [5.74, 6) is 1.18. The fourth-order valence-corrected chi connectivity index (χ4v) is 4.37. The van der Waals surface area contributed by atoms with Crippen molar-refractivity contribution in [1.82, 2.24) is 25.2 Å². The predicted molar refractivity (Wildman–Crippen MR) is 79.1 cm³/mol. The summed E-state index contributed by atoms with van der Waals surface area (Å²) in [6, 6.07) is 0.887. The Hall–Kier alpha value is -0.980. The number of aliphatic hydroxyl groups is 1. The highest BCUT2D eigenvalue weighted by atomic mass is 16.3. The molecule has 4 aliphatic rings. The number of hydrogen-bond donors (Lipinski definition) is 2. The number of aromatic nitrogens is 3. The Morgan fingerprint density at radius 3 is 2.86 bits per heavy atom. The van der Waals surface area contributed by atoms with Gasteiger partial charge in [-0.3, -0.25) is 4.90 Å². The lowest BCUT2D eigenvalue weighted by molar-refractivity contribution is 0.00183. The largest absolute Gasteiger partial charge is 0.395 e. The van der Waals surface area contributed by atoms with Crippen LogP contribution in [0.2, 0.25) is 0 Å². The first-order chi connectivity index (χ1) is 10.3. The average Bonchev–Trinajstić information content (AvgIpc) is 3.06. The second-order valence-electron chi connectivity index (χ2n) is 6.83. The molecule has 2 N–H and O–H groups in total. The quantitative estimate of drug-likeness (QED) is 0.842. The molecule has 4 unspecified atom stereocenters. The lowest BCUT2D eigenvalue weighted by atomic mass is 9.74. The molecule has 4 saturated heterocycles. The van der Waals surface area contributed by atoms with Gasteiger partial charge in [0.05, 0.1) is 18.3 Å². The Labute approximate surface area is 125 Å². The molecule has 6 heteroatoms. The summed E-state index contributed by atoms with van der Waals surface area (Å²) in [4.78, 5) is 2.44. The highest BCUT2D eigenvalue weighted by molar-refractivity contribution is 5.11. The zero-order valence-corrected chi connectivity index (χ0v) is 12.5. The van der Waals surface area contributed by atoms with Gasteiger partial charge in [0.1, 0.15) is 0 Å². The van der Waals surface area contributed by atoms with E-state index in [9.17, 15) is 5.11 Å². The molecule has 0 saturated carbocycles. The van der Waals surface area contributed by atoms with E-state index in [0.717, 1.165) is 45.4 Å². The Bertz CT molecular complexity index is 484. The Morgan fingerprint density at radius 2 is 2.14 bits per heavy atom. The lowest BCUT2D eigenvalue weighted by Gasteiger charge is -2.48. The van der Waals surface area contributed by atoms with Gasteiger partial charge >= 0.3 is 0 Å². The van der Waals surface area contributed by atoms with Crippen molar-refractivity contribution in [2.45, 2.75) is 43.7 Å². The Morgan fingerprint density at radius 1 is 1.29 bits per heavy atom. The molecule has 1 aromatic rings. The molecule has 5 heterocycles. The first kappa shape index (κ1) is 13.7. The zero-order valence-electron chi connectivity index (χ0n) is 12.5. The molecule has 0 aliphatic carbocycles. The van der Waals surface area contributed by atoms with Gasteiger partial charge in [-0.1, -0.05) is 5.21 Å². The van der Waals surface area contributed by atoms with E-state index in [1.54, 1.807) is 0 Å².